The molecule has 0 nitrogen and oxygen atoms in total. The zero-order valence-electron chi connectivity index (χ0n) is 14.7. The molecule has 0 aliphatic carbocycles. The van der Waals surface area contributed by atoms with Crippen molar-refractivity contribution < 1.29 is 8.78 Å². The Balaban J connectivity index is 1.81. The van der Waals surface area contributed by atoms with Gasteiger partial charge in [0.2, 0.25) is 0 Å². The molecule has 25 heavy (non-hydrogen) atoms. The van der Waals surface area contributed by atoms with Gasteiger partial charge in [0.25, 0.3) is 0 Å². The van der Waals surface area contributed by atoms with Crippen molar-refractivity contribution >= 4 is 10.8 Å². The highest BCUT2D eigenvalue weighted by molar-refractivity contribution is 5.88. The lowest BCUT2D eigenvalue weighted by Gasteiger charge is -2.09. The number of halogens is 2. The predicted molar refractivity (Wildman–Crippen MR) is 102 cm³/mol. The van der Waals surface area contributed by atoms with Crippen LogP contribution in [0.25, 0.3) is 21.9 Å². The van der Waals surface area contributed by atoms with E-state index < -0.39 is 0 Å². The van der Waals surface area contributed by atoms with Crippen molar-refractivity contribution in [1.82, 2.24) is 0 Å². The van der Waals surface area contributed by atoms with Gasteiger partial charge in [-0.05, 0) is 41.5 Å². The Morgan fingerprint density at radius 3 is 2.44 bits per heavy atom. The molecule has 0 atom stereocenters. The lowest BCUT2D eigenvalue weighted by atomic mass is 9.97. The molecule has 0 aliphatic rings. The van der Waals surface area contributed by atoms with Crippen molar-refractivity contribution in [1.29, 1.82) is 0 Å². The largest absolute Gasteiger partial charge is 0.207 e. The van der Waals surface area contributed by atoms with Gasteiger partial charge in [0, 0.05) is 10.9 Å². The van der Waals surface area contributed by atoms with Crippen LogP contribution in [-0.2, 0) is 6.42 Å². The minimum Gasteiger partial charge on any atom is -0.207 e. The summed E-state index contributed by atoms with van der Waals surface area (Å²) in [5.74, 6) is -0.631. The van der Waals surface area contributed by atoms with Crippen LogP contribution in [0.4, 0.5) is 8.78 Å². The molecule has 0 saturated carbocycles. The summed E-state index contributed by atoms with van der Waals surface area (Å²) in [4.78, 5) is 0. The van der Waals surface area contributed by atoms with Crippen LogP contribution in [0, 0.1) is 11.6 Å². The van der Waals surface area contributed by atoms with Gasteiger partial charge in [0.15, 0.2) is 0 Å². The van der Waals surface area contributed by atoms with Crippen LogP contribution in [-0.4, -0.2) is 0 Å². The van der Waals surface area contributed by atoms with Gasteiger partial charge in [-0.15, -0.1) is 0 Å². The van der Waals surface area contributed by atoms with Crippen molar-refractivity contribution in [3.63, 3.8) is 0 Å². The van der Waals surface area contributed by atoms with E-state index in [2.05, 4.69) is 13.0 Å². The van der Waals surface area contributed by atoms with Gasteiger partial charge in [-0.1, -0.05) is 75.1 Å². The maximum atomic E-state index is 14.9. The smallest absolute Gasteiger partial charge is 0.138 e. The summed E-state index contributed by atoms with van der Waals surface area (Å²) in [6.07, 6.45) is 7.30. The molecule has 0 radical (unpaired) electrons. The third kappa shape index (κ3) is 4.25. The maximum absolute atomic E-state index is 14.9. The summed E-state index contributed by atoms with van der Waals surface area (Å²) in [6, 6.07) is 15.7. The monoisotopic (exact) mass is 338 g/mol. The summed E-state index contributed by atoms with van der Waals surface area (Å²) in [7, 11) is 0. The van der Waals surface area contributed by atoms with Crippen molar-refractivity contribution in [2.75, 3.05) is 0 Å². The fourth-order valence-corrected chi connectivity index (χ4v) is 3.31. The van der Waals surface area contributed by atoms with Gasteiger partial charge < -0.3 is 0 Å². The van der Waals surface area contributed by atoms with Crippen LogP contribution >= 0.6 is 0 Å². The average molecular weight is 338 g/mol. The number of unbranched alkanes of at least 4 members (excludes halogenated alkanes) is 4. The van der Waals surface area contributed by atoms with E-state index >= 15 is 0 Å². The van der Waals surface area contributed by atoms with E-state index in [9.17, 15) is 8.78 Å². The molecule has 0 heterocycles. The molecular weight excluding hydrogens is 314 g/mol. The molecule has 0 spiro atoms. The van der Waals surface area contributed by atoms with Crippen molar-refractivity contribution in [3.8, 4) is 11.1 Å². The molecule has 0 fully saturated rings. The first-order chi connectivity index (χ1) is 12.2. The van der Waals surface area contributed by atoms with Crippen LogP contribution in [0.1, 0.15) is 44.6 Å². The quantitative estimate of drug-likeness (QED) is 0.396. The second-order valence-corrected chi connectivity index (χ2v) is 6.66. The van der Waals surface area contributed by atoms with Gasteiger partial charge >= 0.3 is 0 Å². The lowest BCUT2D eigenvalue weighted by molar-refractivity contribution is 0.627. The molecular formula is C23H24F2. The van der Waals surface area contributed by atoms with Gasteiger partial charge in [0.05, 0.1) is 0 Å². The molecule has 0 unspecified atom stereocenters. The molecule has 0 aromatic heterocycles. The molecule has 3 aromatic carbocycles. The number of hydrogen-bond acceptors (Lipinski definition) is 0. The van der Waals surface area contributed by atoms with E-state index in [0.29, 0.717) is 16.5 Å². The Morgan fingerprint density at radius 1 is 0.800 bits per heavy atom. The fraction of sp³-hybridized carbons (Fsp3) is 0.304. The lowest BCUT2D eigenvalue weighted by Crippen LogP contribution is -1.91. The molecule has 0 amide bonds. The van der Waals surface area contributed by atoms with Crippen LogP contribution in [0.3, 0.4) is 0 Å². The fourth-order valence-electron chi connectivity index (χ4n) is 3.31. The highest BCUT2D eigenvalue weighted by Gasteiger charge is 2.10. The molecule has 2 heteroatoms. The van der Waals surface area contributed by atoms with Gasteiger partial charge in [-0.2, -0.15) is 0 Å². The first kappa shape index (κ1) is 17.6. The van der Waals surface area contributed by atoms with Crippen molar-refractivity contribution in [3.05, 3.63) is 71.8 Å². The molecule has 0 N–H and O–H groups in total. The summed E-state index contributed by atoms with van der Waals surface area (Å²) in [6.45, 7) is 2.22. The van der Waals surface area contributed by atoms with Gasteiger partial charge in [-0.25, -0.2) is 8.78 Å². The maximum Gasteiger partial charge on any atom is 0.138 e. The zero-order chi connectivity index (χ0) is 17.6. The Morgan fingerprint density at radius 2 is 1.64 bits per heavy atom. The Hall–Kier alpha value is -2.22. The Labute approximate surface area is 148 Å². The van der Waals surface area contributed by atoms with E-state index in [1.54, 1.807) is 18.2 Å². The molecule has 0 aliphatic heterocycles. The minimum absolute atomic E-state index is 0.280. The molecule has 3 rings (SSSR count). The average Bonchev–Trinajstić information content (AvgIpc) is 2.62. The topological polar surface area (TPSA) is 0 Å². The summed E-state index contributed by atoms with van der Waals surface area (Å²) < 4.78 is 28.3. The van der Waals surface area contributed by atoms with Crippen LogP contribution in [0.15, 0.2) is 54.6 Å². The first-order valence-corrected chi connectivity index (χ1v) is 9.16. The van der Waals surface area contributed by atoms with E-state index in [1.165, 1.54) is 49.8 Å². The second-order valence-electron chi connectivity index (χ2n) is 6.66. The van der Waals surface area contributed by atoms with Gasteiger partial charge in [-0.3, -0.25) is 0 Å². The minimum atomic E-state index is -0.351. The Kier molecular flexibility index (Phi) is 5.80. The Bertz CT molecular complexity index is 852. The highest BCUT2D eigenvalue weighted by atomic mass is 19.1. The van der Waals surface area contributed by atoms with Crippen molar-refractivity contribution in [2.24, 2.45) is 0 Å². The van der Waals surface area contributed by atoms with E-state index in [0.717, 1.165) is 11.8 Å². The number of aryl methyl sites for hydroxylation is 1. The summed E-state index contributed by atoms with van der Waals surface area (Å²) in [5.41, 5.74) is 2.26. The van der Waals surface area contributed by atoms with E-state index in [4.69, 9.17) is 0 Å². The second kappa shape index (κ2) is 8.24. The molecule has 3 aromatic rings. The van der Waals surface area contributed by atoms with Gasteiger partial charge in [0.1, 0.15) is 11.6 Å². The number of hydrogen-bond donors (Lipinski definition) is 0. The number of fused-ring (bicyclic) bond motifs is 1. The summed E-state index contributed by atoms with van der Waals surface area (Å²) in [5, 5.41) is 1.50. The van der Waals surface area contributed by atoms with E-state index in [1.807, 2.05) is 18.2 Å². The third-order valence-electron chi connectivity index (χ3n) is 4.72. The number of rotatable bonds is 7. The molecule has 0 bridgehead atoms. The SMILES string of the molecule is CCCCCCCc1ccc2c(F)c(-c3cccc(F)c3)ccc2c1. The highest BCUT2D eigenvalue weighted by Crippen LogP contribution is 2.30. The standard InChI is InChI=1S/C23H24F2/c1-2-3-4-5-6-8-17-11-13-21-19(15-17)12-14-22(23(21)25)18-9-7-10-20(24)16-18/h7,9-16H,2-6,8H2,1H3. The number of benzene rings is 3. The third-order valence-corrected chi connectivity index (χ3v) is 4.72. The first-order valence-electron chi connectivity index (χ1n) is 9.16. The predicted octanol–water partition coefficient (Wildman–Crippen LogP) is 7.30. The van der Waals surface area contributed by atoms with Crippen LogP contribution < -0.4 is 0 Å². The van der Waals surface area contributed by atoms with Crippen LogP contribution in [0.2, 0.25) is 0 Å². The molecule has 0 saturated heterocycles. The van der Waals surface area contributed by atoms with Crippen LogP contribution in [0.5, 0.6) is 0 Å². The van der Waals surface area contributed by atoms with Crippen molar-refractivity contribution in [2.45, 2.75) is 45.4 Å². The summed E-state index contributed by atoms with van der Waals surface area (Å²) >= 11 is 0. The zero-order valence-corrected chi connectivity index (χ0v) is 14.7. The molecule has 130 valence electrons. The van der Waals surface area contributed by atoms with E-state index in [-0.39, 0.29) is 11.6 Å². The normalized spacial score (nSPS) is 11.2.